The molecule has 1 aliphatic heterocycles. The highest BCUT2D eigenvalue weighted by Gasteiger charge is 2.19. The zero-order chi connectivity index (χ0) is 14.2. The van der Waals surface area contributed by atoms with Crippen LogP contribution in [0.15, 0.2) is 0 Å². The van der Waals surface area contributed by atoms with Gasteiger partial charge in [-0.1, -0.05) is 19.3 Å². The van der Waals surface area contributed by atoms with Crippen molar-refractivity contribution in [1.29, 1.82) is 0 Å². The zero-order valence-corrected chi connectivity index (χ0v) is 13.0. The van der Waals surface area contributed by atoms with Crippen molar-refractivity contribution < 1.29 is 4.79 Å². The van der Waals surface area contributed by atoms with Crippen LogP contribution in [0.25, 0.3) is 0 Å². The molecule has 2 N–H and O–H groups in total. The summed E-state index contributed by atoms with van der Waals surface area (Å²) in [5, 5.41) is 6.55. The molecule has 1 saturated heterocycles. The van der Waals surface area contributed by atoms with E-state index in [0.29, 0.717) is 6.04 Å². The summed E-state index contributed by atoms with van der Waals surface area (Å²) in [5.74, 6) is 0.179. The maximum absolute atomic E-state index is 12.1. The minimum Gasteiger partial charge on any atom is -0.352 e. The Balaban J connectivity index is 1.53. The molecule has 1 amide bonds. The van der Waals surface area contributed by atoms with Gasteiger partial charge >= 0.3 is 0 Å². The molecule has 2 fully saturated rings. The molecular formula is C16H31N3O. The average Bonchev–Trinajstić information content (AvgIpc) is 2.97. The van der Waals surface area contributed by atoms with Crippen LogP contribution in [-0.2, 0) is 4.79 Å². The minimum atomic E-state index is -0.0597. The molecule has 4 heteroatoms. The fraction of sp³-hybridized carbons (Fsp3) is 0.938. The molecule has 20 heavy (non-hydrogen) atoms. The van der Waals surface area contributed by atoms with E-state index in [1.807, 2.05) is 6.92 Å². The van der Waals surface area contributed by atoms with E-state index in [1.54, 1.807) is 0 Å². The molecule has 0 radical (unpaired) electrons. The number of nitrogens with one attached hydrogen (secondary N) is 2. The summed E-state index contributed by atoms with van der Waals surface area (Å²) < 4.78 is 0. The van der Waals surface area contributed by atoms with Crippen molar-refractivity contribution in [3.63, 3.8) is 0 Å². The largest absolute Gasteiger partial charge is 0.352 e. The topological polar surface area (TPSA) is 44.4 Å². The van der Waals surface area contributed by atoms with Crippen LogP contribution >= 0.6 is 0 Å². The first-order valence-electron chi connectivity index (χ1n) is 8.52. The van der Waals surface area contributed by atoms with Gasteiger partial charge in [0, 0.05) is 6.04 Å². The van der Waals surface area contributed by atoms with Gasteiger partial charge in [0.1, 0.15) is 0 Å². The average molecular weight is 281 g/mol. The van der Waals surface area contributed by atoms with E-state index in [4.69, 9.17) is 0 Å². The molecule has 0 aromatic heterocycles. The van der Waals surface area contributed by atoms with Crippen molar-refractivity contribution in [2.24, 2.45) is 0 Å². The second kappa shape index (κ2) is 8.63. The number of carbonyl (C=O) groups is 1. The Labute approximate surface area is 123 Å². The summed E-state index contributed by atoms with van der Waals surface area (Å²) in [5.41, 5.74) is 0. The van der Waals surface area contributed by atoms with Crippen LogP contribution in [0, 0.1) is 0 Å². The van der Waals surface area contributed by atoms with Gasteiger partial charge in [0.05, 0.1) is 6.04 Å². The summed E-state index contributed by atoms with van der Waals surface area (Å²) in [6.07, 6.45) is 10.0. The van der Waals surface area contributed by atoms with Crippen LogP contribution in [-0.4, -0.2) is 49.1 Å². The fourth-order valence-electron chi connectivity index (χ4n) is 3.29. The van der Waals surface area contributed by atoms with E-state index in [9.17, 15) is 4.79 Å². The SMILES string of the molecule is CC(NCCCN1CCCC1)C(=O)NC1CCCCC1. The lowest BCUT2D eigenvalue weighted by molar-refractivity contribution is -0.123. The Bertz CT molecular complexity index is 283. The molecule has 2 aliphatic rings. The van der Waals surface area contributed by atoms with Gasteiger partial charge in [0.15, 0.2) is 0 Å². The number of nitrogens with zero attached hydrogens (tertiary/aromatic N) is 1. The molecule has 0 aromatic carbocycles. The first-order valence-corrected chi connectivity index (χ1v) is 8.52. The van der Waals surface area contributed by atoms with Crippen LogP contribution in [0.4, 0.5) is 0 Å². The molecule has 0 bridgehead atoms. The van der Waals surface area contributed by atoms with Crippen molar-refractivity contribution in [2.45, 2.75) is 70.4 Å². The molecule has 1 unspecified atom stereocenters. The monoisotopic (exact) mass is 281 g/mol. The van der Waals surface area contributed by atoms with E-state index < -0.39 is 0 Å². The predicted molar refractivity (Wildman–Crippen MR) is 82.8 cm³/mol. The molecule has 4 nitrogen and oxygen atoms in total. The quantitative estimate of drug-likeness (QED) is 0.701. The Kier molecular flexibility index (Phi) is 6.80. The van der Waals surface area contributed by atoms with Crippen molar-refractivity contribution in [3.05, 3.63) is 0 Å². The highest BCUT2D eigenvalue weighted by Crippen LogP contribution is 2.17. The number of hydrogen-bond acceptors (Lipinski definition) is 3. The van der Waals surface area contributed by atoms with Crippen LogP contribution in [0.2, 0.25) is 0 Å². The molecule has 1 aliphatic carbocycles. The second-order valence-electron chi connectivity index (χ2n) is 6.42. The number of amides is 1. The lowest BCUT2D eigenvalue weighted by atomic mass is 9.95. The van der Waals surface area contributed by atoms with E-state index in [2.05, 4.69) is 15.5 Å². The Morgan fingerprint density at radius 1 is 1.15 bits per heavy atom. The van der Waals surface area contributed by atoms with Crippen molar-refractivity contribution >= 4 is 5.91 Å². The van der Waals surface area contributed by atoms with Gasteiger partial charge < -0.3 is 15.5 Å². The van der Waals surface area contributed by atoms with Crippen molar-refractivity contribution in [3.8, 4) is 0 Å². The van der Waals surface area contributed by atoms with Crippen LogP contribution in [0.3, 0.4) is 0 Å². The predicted octanol–water partition coefficient (Wildman–Crippen LogP) is 1.90. The van der Waals surface area contributed by atoms with Gasteiger partial charge in [-0.3, -0.25) is 4.79 Å². The maximum atomic E-state index is 12.1. The Hall–Kier alpha value is -0.610. The third-order valence-electron chi connectivity index (χ3n) is 4.65. The summed E-state index contributed by atoms with van der Waals surface area (Å²) in [4.78, 5) is 14.6. The summed E-state index contributed by atoms with van der Waals surface area (Å²) in [6, 6.07) is 0.362. The minimum absolute atomic E-state index is 0.0597. The number of rotatable bonds is 7. The first kappa shape index (κ1) is 15.8. The molecule has 2 rings (SSSR count). The van der Waals surface area contributed by atoms with Crippen LogP contribution < -0.4 is 10.6 Å². The van der Waals surface area contributed by atoms with Gasteiger partial charge in [-0.25, -0.2) is 0 Å². The standard InChI is InChI=1S/C16H31N3O/c1-14(16(20)18-15-8-3-2-4-9-15)17-10-7-13-19-11-5-6-12-19/h14-15,17H,2-13H2,1H3,(H,18,20). The van der Waals surface area contributed by atoms with Crippen molar-refractivity contribution in [2.75, 3.05) is 26.2 Å². The van der Waals surface area contributed by atoms with Gasteiger partial charge in [-0.15, -0.1) is 0 Å². The van der Waals surface area contributed by atoms with Crippen molar-refractivity contribution in [1.82, 2.24) is 15.5 Å². The highest BCUT2D eigenvalue weighted by molar-refractivity contribution is 5.81. The lowest BCUT2D eigenvalue weighted by Crippen LogP contribution is -2.47. The first-order chi connectivity index (χ1) is 9.75. The maximum Gasteiger partial charge on any atom is 0.237 e. The lowest BCUT2D eigenvalue weighted by Gasteiger charge is -2.25. The Morgan fingerprint density at radius 3 is 2.55 bits per heavy atom. The zero-order valence-electron chi connectivity index (χ0n) is 13.0. The van der Waals surface area contributed by atoms with Gasteiger partial charge in [-0.2, -0.15) is 0 Å². The smallest absolute Gasteiger partial charge is 0.237 e. The Morgan fingerprint density at radius 2 is 1.85 bits per heavy atom. The highest BCUT2D eigenvalue weighted by atomic mass is 16.2. The van der Waals surface area contributed by atoms with E-state index >= 15 is 0 Å². The third-order valence-corrected chi connectivity index (χ3v) is 4.65. The summed E-state index contributed by atoms with van der Waals surface area (Å²) >= 11 is 0. The summed E-state index contributed by atoms with van der Waals surface area (Å²) in [7, 11) is 0. The molecule has 1 saturated carbocycles. The molecule has 0 aromatic rings. The van der Waals surface area contributed by atoms with Crippen LogP contribution in [0.5, 0.6) is 0 Å². The van der Waals surface area contributed by atoms with E-state index in [1.165, 1.54) is 51.7 Å². The van der Waals surface area contributed by atoms with Gasteiger partial charge in [0.25, 0.3) is 0 Å². The van der Waals surface area contributed by atoms with Gasteiger partial charge in [-0.05, 0) is 65.2 Å². The number of hydrogen-bond donors (Lipinski definition) is 2. The number of likely N-dealkylation sites (tertiary alicyclic amines) is 1. The van der Waals surface area contributed by atoms with E-state index in [0.717, 1.165) is 25.8 Å². The molecule has 1 atom stereocenters. The van der Waals surface area contributed by atoms with E-state index in [-0.39, 0.29) is 11.9 Å². The molecule has 1 heterocycles. The normalized spacial score (nSPS) is 22.9. The van der Waals surface area contributed by atoms with Gasteiger partial charge in [0.2, 0.25) is 5.91 Å². The molecule has 116 valence electrons. The molecular weight excluding hydrogens is 250 g/mol. The third kappa shape index (κ3) is 5.41. The van der Waals surface area contributed by atoms with Crippen LogP contribution in [0.1, 0.15) is 58.3 Å². The number of carbonyl (C=O) groups excluding carboxylic acids is 1. The fourth-order valence-corrected chi connectivity index (χ4v) is 3.29. The second-order valence-corrected chi connectivity index (χ2v) is 6.42. The summed E-state index contributed by atoms with van der Waals surface area (Å²) in [6.45, 7) is 6.61. The molecule has 0 spiro atoms.